The minimum atomic E-state index is -0.379. The number of ether oxygens (including phenoxy) is 2. The van der Waals surface area contributed by atoms with E-state index in [0.29, 0.717) is 28.5 Å². The molecule has 1 aromatic heterocycles. The first-order valence-corrected chi connectivity index (χ1v) is 10.3. The Morgan fingerprint density at radius 3 is 2.59 bits per heavy atom. The fraction of sp³-hybridized carbons (Fsp3) is 0.273. The lowest BCUT2D eigenvalue weighted by Crippen LogP contribution is -2.14. The van der Waals surface area contributed by atoms with Crippen LogP contribution in [0.5, 0.6) is 11.5 Å². The maximum Gasteiger partial charge on any atom is 0.336 e. The van der Waals surface area contributed by atoms with E-state index in [2.05, 4.69) is 12.2 Å². The number of carbonyl (C=O) groups excluding carboxylic acids is 1. The predicted molar refractivity (Wildman–Crippen MR) is 116 cm³/mol. The normalized spacial score (nSPS) is 10.7. The summed E-state index contributed by atoms with van der Waals surface area (Å²) >= 11 is 1.44. The molecule has 0 unspecified atom stereocenters. The summed E-state index contributed by atoms with van der Waals surface area (Å²) in [5.41, 5.74) is 2.81. The number of hydrogen-bond donors (Lipinski definition) is 1. The highest BCUT2D eigenvalue weighted by Crippen LogP contribution is 2.30. The molecule has 0 aliphatic carbocycles. The number of benzene rings is 2. The van der Waals surface area contributed by atoms with Gasteiger partial charge in [-0.3, -0.25) is 4.79 Å². The average Bonchev–Trinajstić information content (AvgIpc) is 2.72. The van der Waals surface area contributed by atoms with Crippen LogP contribution in [0.1, 0.15) is 18.1 Å². The molecule has 1 heterocycles. The molecule has 0 radical (unpaired) electrons. The van der Waals surface area contributed by atoms with E-state index in [-0.39, 0.29) is 17.3 Å². The monoisotopic (exact) mass is 413 g/mol. The van der Waals surface area contributed by atoms with Gasteiger partial charge in [-0.2, -0.15) is 0 Å². The third-order valence-electron chi connectivity index (χ3n) is 4.46. The van der Waals surface area contributed by atoms with Crippen molar-refractivity contribution in [2.24, 2.45) is 0 Å². The van der Waals surface area contributed by atoms with Crippen LogP contribution in [0.2, 0.25) is 0 Å². The van der Waals surface area contributed by atoms with Crippen molar-refractivity contribution < 1.29 is 18.7 Å². The molecule has 3 rings (SSSR count). The van der Waals surface area contributed by atoms with Crippen LogP contribution in [0, 0.1) is 0 Å². The topological polar surface area (TPSA) is 77.8 Å². The van der Waals surface area contributed by atoms with Crippen molar-refractivity contribution in [2.75, 3.05) is 25.3 Å². The molecule has 152 valence electrons. The Hall–Kier alpha value is -2.93. The van der Waals surface area contributed by atoms with Gasteiger partial charge in [0.25, 0.3) is 0 Å². The number of amides is 1. The highest BCUT2D eigenvalue weighted by atomic mass is 32.2. The summed E-state index contributed by atoms with van der Waals surface area (Å²) in [7, 11) is 3.10. The van der Waals surface area contributed by atoms with Crippen molar-refractivity contribution in [3.05, 3.63) is 64.0 Å². The quantitative estimate of drug-likeness (QED) is 0.557. The van der Waals surface area contributed by atoms with Crippen LogP contribution >= 0.6 is 11.8 Å². The molecule has 0 bridgehead atoms. The van der Waals surface area contributed by atoms with Crippen molar-refractivity contribution in [1.82, 2.24) is 0 Å². The molecule has 0 aliphatic rings. The summed E-state index contributed by atoms with van der Waals surface area (Å²) in [6.45, 7) is 2.05. The zero-order valence-corrected chi connectivity index (χ0v) is 17.4. The Labute approximate surface area is 173 Å². The molecule has 7 heteroatoms. The third-order valence-corrected chi connectivity index (χ3v) is 5.44. The van der Waals surface area contributed by atoms with E-state index >= 15 is 0 Å². The molecule has 0 saturated heterocycles. The van der Waals surface area contributed by atoms with Crippen LogP contribution in [0.25, 0.3) is 11.0 Å². The highest BCUT2D eigenvalue weighted by Gasteiger charge is 2.10. The SMILES string of the molecule is CCc1ccc2c(CSCC(=O)Nc3ccc(OC)c(OC)c3)cc(=O)oc2c1. The largest absolute Gasteiger partial charge is 0.493 e. The summed E-state index contributed by atoms with van der Waals surface area (Å²) in [5.74, 6) is 1.80. The Kier molecular flexibility index (Phi) is 6.82. The van der Waals surface area contributed by atoms with E-state index in [1.807, 2.05) is 18.2 Å². The van der Waals surface area contributed by atoms with Crippen LogP contribution in [0.15, 0.2) is 51.7 Å². The maximum atomic E-state index is 12.3. The van der Waals surface area contributed by atoms with E-state index in [1.165, 1.54) is 17.8 Å². The lowest BCUT2D eigenvalue weighted by Gasteiger charge is -2.11. The summed E-state index contributed by atoms with van der Waals surface area (Å²) in [5, 5.41) is 3.74. The first kappa shape index (κ1) is 20.8. The van der Waals surface area contributed by atoms with Gasteiger partial charge in [0.05, 0.1) is 20.0 Å². The lowest BCUT2D eigenvalue weighted by molar-refractivity contribution is -0.113. The standard InChI is InChI=1S/C22H23NO5S/c1-4-14-5-7-17-15(10-22(25)28-19(17)9-14)12-29-13-21(24)23-16-6-8-18(26-2)20(11-16)27-3/h5-11H,4,12-13H2,1-3H3,(H,23,24). The molecule has 0 aliphatic heterocycles. The van der Waals surface area contributed by atoms with Gasteiger partial charge in [0.15, 0.2) is 11.5 Å². The Morgan fingerprint density at radius 1 is 1.07 bits per heavy atom. The molecule has 0 spiro atoms. The second kappa shape index (κ2) is 9.52. The summed E-state index contributed by atoms with van der Waals surface area (Å²) in [6.07, 6.45) is 0.870. The molecule has 3 aromatic rings. The van der Waals surface area contributed by atoms with Crippen molar-refractivity contribution >= 4 is 34.3 Å². The van der Waals surface area contributed by atoms with E-state index in [4.69, 9.17) is 13.9 Å². The van der Waals surface area contributed by atoms with Gasteiger partial charge in [-0.25, -0.2) is 4.79 Å². The molecule has 1 amide bonds. The van der Waals surface area contributed by atoms with Gasteiger partial charge in [-0.15, -0.1) is 11.8 Å². The van der Waals surface area contributed by atoms with E-state index in [9.17, 15) is 9.59 Å². The maximum absolute atomic E-state index is 12.3. The minimum Gasteiger partial charge on any atom is -0.493 e. The zero-order valence-electron chi connectivity index (χ0n) is 16.6. The van der Waals surface area contributed by atoms with Crippen molar-refractivity contribution in [1.29, 1.82) is 0 Å². The Morgan fingerprint density at radius 2 is 1.86 bits per heavy atom. The molecular weight excluding hydrogens is 390 g/mol. The first-order chi connectivity index (χ1) is 14.0. The Balaban J connectivity index is 1.64. The number of anilines is 1. The number of fused-ring (bicyclic) bond motifs is 1. The molecular formula is C22H23NO5S. The fourth-order valence-electron chi connectivity index (χ4n) is 2.98. The number of thioether (sulfide) groups is 1. The number of rotatable bonds is 8. The first-order valence-electron chi connectivity index (χ1n) is 9.19. The van der Waals surface area contributed by atoms with Gasteiger partial charge < -0.3 is 19.2 Å². The fourth-order valence-corrected chi connectivity index (χ4v) is 3.80. The highest BCUT2D eigenvalue weighted by molar-refractivity contribution is 7.99. The zero-order chi connectivity index (χ0) is 20.8. The molecule has 0 fully saturated rings. The number of nitrogens with one attached hydrogen (secondary N) is 1. The minimum absolute atomic E-state index is 0.136. The van der Waals surface area contributed by atoms with Gasteiger partial charge in [0, 0.05) is 29.0 Å². The molecule has 6 nitrogen and oxygen atoms in total. The summed E-state index contributed by atoms with van der Waals surface area (Å²) in [6, 6.07) is 12.6. The summed E-state index contributed by atoms with van der Waals surface area (Å²) < 4.78 is 15.8. The molecule has 0 atom stereocenters. The predicted octanol–water partition coefficient (Wildman–Crippen LogP) is 4.24. The van der Waals surface area contributed by atoms with Crippen molar-refractivity contribution in [3.8, 4) is 11.5 Å². The second-order valence-corrected chi connectivity index (χ2v) is 7.37. The van der Waals surface area contributed by atoms with Gasteiger partial charge in [-0.1, -0.05) is 19.1 Å². The van der Waals surface area contributed by atoms with Gasteiger partial charge >= 0.3 is 5.63 Å². The lowest BCUT2D eigenvalue weighted by atomic mass is 10.1. The molecule has 29 heavy (non-hydrogen) atoms. The summed E-state index contributed by atoms with van der Waals surface area (Å²) in [4.78, 5) is 24.2. The van der Waals surface area contributed by atoms with Gasteiger partial charge in [0.2, 0.25) is 5.91 Å². The van der Waals surface area contributed by atoms with Gasteiger partial charge in [0.1, 0.15) is 5.58 Å². The molecule has 1 N–H and O–H groups in total. The van der Waals surface area contributed by atoms with E-state index in [1.54, 1.807) is 32.4 Å². The van der Waals surface area contributed by atoms with E-state index < -0.39 is 0 Å². The van der Waals surface area contributed by atoms with Gasteiger partial charge in [-0.05, 0) is 35.7 Å². The number of hydrogen-bond acceptors (Lipinski definition) is 6. The second-order valence-electron chi connectivity index (χ2n) is 6.39. The smallest absolute Gasteiger partial charge is 0.336 e. The van der Waals surface area contributed by atoms with Crippen LogP contribution in [-0.2, 0) is 17.0 Å². The average molecular weight is 413 g/mol. The van der Waals surface area contributed by atoms with Crippen LogP contribution in [0.4, 0.5) is 5.69 Å². The van der Waals surface area contributed by atoms with E-state index in [0.717, 1.165) is 22.9 Å². The van der Waals surface area contributed by atoms with Crippen LogP contribution < -0.4 is 20.4 Å². The number of methoxy groups -OCH3 is 2. The Bertz CT molecular complexity index is 1080. The number of aryl methyl sites for hydroxylation is 1. The molecule has 0 saturated carbocycles. The van der Waals surface area contributed by atoms with Crippen LogP contribution in [-0.4, -0.2) is 25.9 Å². The van der Waals surface area contributed by atoms with Crippen molar-refractivity contribution in [3.63, 3.8) is 0 Å². The van der Waals surface area contributed by atoms with Crippen LogP contribution in [0.3, 0.4) is 0 Å². The van der Waals surface area contributed by atoms with Crippen molar-refractivity contribution in [2.45, 2.75) is 19.1 Å². The number of carbonyl (C=O) groups is 1. The molecule has 2 aromatic carbocycles. The third kappa shape index (κ3) is 5.12.